The number of hydrogen-bond acceptors (Lipinski definition) is 5. The number of aryl methyl sites for hydroxylation is 1. The number of hydrogen-bond donors (Lipinski definition) is 1. The highest BCUT2D eigenvalue weighted by molar-refractivity contribution is 5.87. The van der Waals surface area contributed by atoms with E-state index >= 15 is 0 Å². The summed E-state index contributed by atoms with van der Waals surface area (Å²) in [6, 6.07) is 5.26. The summed E-state index contributed by atoms with van der Waals surface area (Å²) in [4.78, 5) is 26.7. The molecule has 0 aliphatic carbocycles. The molecule has 1 N–H and O–H groups in total. The van der Waals surface area contributed by atoms with Crippen LogP contribution >= 0.6 is 0 Å². The fourth-order valence-corrected chi connectivity index (χ4v) is 2.79. The Morgan fingerprint density at radius 1 is 1.33 bits per heavy atom. The lowest BCUT2D eigenvalue weighted by molar-refractivity contribution is -0.139. The number of rotatable bonds is 8. The number of tetrazole rings is 1. The molecule has 2 rings (SSSR count). The second kappa shape index (κ2) is 9.20. The van der Waals surface area contributed by atoms with Crippen molar-refractivity contribution in [3.8, 4) is 0 Å². The van der Waals surface area contributed by atoms with Gasteiger partial charge in [-0.25, -0.2) is 9.07 Å². The molecule has 9 heteroatoms. The first-order chi connectivity index (χ1) is 12.8. The van der Waals surface area contributed by atoms with Gasteiger partial charge in [-0.2, -0.15) is 0 Å². The van der Waals surface area contributed by atoms with Gasteiger partial charge in [0.15, 0.2) is 0 Å². The van der Waals surface area contributed by atoms with Gasteiger partial charge in [-0.1, -0.05) is 12.1 Å². The average molecular weight is 376 g/mol. The van der Waals surface area contributed by atoms with Crippen LogP contribution in [0.15, 0.2) is 24.3 Å². The van der Waals surface area contributed by atoms with Crippen LogP contribution in [-0.2, 0) is 16.0 Å². The van der Waals surface area contributed by atoms with Crippen LogP contribution in [0.3, 0.4) is 0 Å². The normalized spacial score (nSPS) is 12.1. The van der Waals surface area contributed by atoms with Gasteiger partial charge in [0.25, 0.3) is 0 Å². The van der Waals surface area contributed by atoms with Crippen molar-refractivity contribution in [2.24, 2.45) is 0 Å². The van der Waals surface area contributed by atoms with Gasteiger partial charge >= 0.3 is 0 Å². The van der Waals surface area contributed by atoms with Crippen LogP contribution in [0.1, 0.15) is 38.2 Å². The number of nitrogens with one attached hydrogen (secondary N) is 1. The molecule has 1 aromatic carbocycles. The van der Waals surface area contributed by atoms with Crippen molar-refractivity contribution in [3.63, 3.8) is 0 Å². The number of nitrogens with zero attached hydrogens (tertiary/aromatic N) is 5. The Balaban J connectivity index is 2.27. The quantitative estimate of drug-likeness (QED) is 0.749. The predicted molar refractivity (Wildman–Crippen MR) is 97.2 cm³/mol. The second-order valence-corrected chi connectivity index (χ2v) is 6.60. The van der Waals surface area contributed by atoms with Gasteiger partial charge < -0.3 is 10.2 Å². The number of carbonyl (C=O) groups is 2. The lowest BCUT2D eigenvalue weighted by Crippen LogP contribution is -2.45. The van der Waals surface area contributed by atoms with Crippen LogP contribution < -0.4 is 5.32 Å². The molecule has 1 unspecified atom stereocenters. The maximum absolute atomic E-state index is 13.6. The molecule has 0 aliphatic heterocycles. The number of likely N-dealkylation sites (N-methyl/N-ethyl adjacent to an activating group) is 1. The summed E-state index contributed by atoms with van der Waals surface area (Å²) in [5.41, 5.74) is 0.644. The number of halogens is 1. The third kappa shape index (κ3) is 5.57. The van der Waals surface area contributed by atoms with Crippen LogP contribution in [0.4, 0.5) is 4.39 Å². The molecule has 2 aromatic rings. The SMILES string of the molecule is CCN(CC(=O)NC(C)C)C(=O)C(Cc1cccc(F)c1)n1nnnc1C. The molecule has 0 aliphatic rings. The van der Waals surface area contributed by atoms with Gasteiger partial charge in [0.2, 0.25) is 11.8 Å². The molecule has 0 fully saturated rings. The highest BCUT2D eigenvalue weighted by atomic mass is 19.1. The predicted octanol–water partition coefficient (Wildman–Crippen LogP) is 1.28. The highest BCUT2D eigenvalue weighted by Crippen LogP contribution is 2.18. The molecule has 1 heterocycles. The molecule has 2 amide bonds. The molecule has 0 bridgehead atoms. The topological polar surface area (TPSA) is 93.0 Å². The summed E-state index contributed by atoms with van der Waals surface area (Å²) in [5, 5.41) is 14.1. The van der Waals surface area contributed by atoms with Crippen LogP contribution in [0.5, 0.6) is 0 Å². The first kappa shape index (κ1) is 20.5. The van der Waals surface area contributed by atoms with Crippen molar-refractivity contribution >= 4 is 11.8 Å². The summed E-state index contributed by atoms with van der Waals surface area (Å²) in [7, 11) is 0. The molecule has 0 radical (unpaired) electrons. The van der Waals surface area contributed by atoms with E-state index in [4.69, 9.17) is 0 Å². The Labute approximate surface area is 157 Å². The maximum Gasteiger partial charge on any atom is 0.248 e. The summed E-state index contributed by atoms with van der Waals surface area (Å²) in [6.45, 7) is 7.49. The molecular formula is C18H25FN6O2. The fraction of sp³-hybridized carbons (Fsp3) is 0.500. The smallest absolute Gasteiger partial charge is 0.248 e. The molecule has 1 atom stereocenters. The van der Waals surface area contributed by atoms with Crippen LogP contribution in [0.25, 0.3) is 0 Å². The van der Waals surface area contributed by atoms with E-state index in [-0.39, 0.29) is 36.6 Å². The average Bonchev–Trinajstić information content (AvgIpc) is 3.02. The van der Waals surface area contributed by atoms with Crippen molar-refractivity contribution in [2.45, 2.75) is 46.2 Å². The van der Waals surface area contributed by atoms with Gasteiger partial charge in [-0.15, -0.1) is 5.10 Å². The first-order valence-corrected chi connectivity index (χ1v) is 8.88. The standard InChI is InChI=1S/C18H25FN6O2/c1-5-24(11-17(26)20-12(2)3)18(27)16(25-13(4)21-22-23-25)10-14-7-6-8-15(19)9-14/h6-9,12,16H,5,10-11H2,1-4H3,(H,20,26). The minimum Gasteiger partial charge on any atom is -0.352 e. The van der Waals surface area contributed by atoms with Gasteiger partial charge in [-0.3, -0.25) is 9.59 Å². The van der Waals surface area contributed by atoms with Crippen LogP contribution in [-0.4, -0.2) is 56.1 Å². The van der Waals surface area contributed by atoms with Crippen molar-refractivity contribution in [1.82, 2.24) is 30.4 Å². The third-order valence-corrected chi connectivity index (χ3v) is 4.03. The zero-order chi connectivity index (χ0) is 20.0. The first-order valence-electron chi connectivity index (χ1n) is 8.88. The van der Waals surface area contributed by atoms with Gasteiger partial charge in [0.05, 0.1) is 6.54 Å². The maximum atomic E-state index is 13.6. The Morgan fingerprint density at radius 2 is 2.07 bits per heavy atom. The van der Waals surface area contributed by atoms with Crippen molar-refractivity contribution in [1.29, 1.82) is 0 Å². The molecule has 0 spiro atoms. The van der Waals surface area contributed by atoms with E-state index in [0.717, 1.165) is 0 Å². The number of aromatic nitrogens is 4. The molecule has 27 heavy (non-hydrogen) atoms. The van der Waals surface area contributed by atoms with E-state index < -0.39 is 6.04 Å². The summed E-state index contributed by atoms with van der Waals surface area (Å²) < 4.78 is 15.0. The van der Waals surface area contributed by atoms with E-state index in [9.17, 15) is 14.0 Å². The van der Waals surface area contributed by atoms with Crippen molar-refractivity contribution < 1.29 is 14.0 Å². The van der Waals surface area contributed by atoms with Crippen molar-refractivity contribution in [2.75, 3.05) is 13.1 Å². The Kier molecular flexibility index (Phi) is 6.98. The number of amides is 2. The van der Waals surface area contributed by atoms with E-state index in [1.807, 2.05) is 13.8 Å². The highest BCUT2D eigenvalue weighted by Gasteiger charge is 2.29. The van der Waals surface area contributed by atoms with Crippen LogP contribution in [0.2, 0.25) is 0 Å². The summed E-state index contributed by atoms with van der Waals surface area (Å²) in [5.74, 6) is -0.447. The van der Waals surface area contributed by atoms with E-state index in [1.165, 1.54) is 21.7 Å². The fourth-order valence-electron chi connectivity index (χ4n) is 2.79. The van der Waals surface area contributed by atoms with E-state index in [0.29, 0.717) is 17.9 Å². The second-order valence-electron chi connectivity index (χ2n) is 6.60. The van der Waals surface area contributed by atoms with Gasteiger partial charge in [-0.05, 0) is 55.8 Å². The minimum atomic E-state index is -0.770. The molecule has 0 saturated carbocycles. The largest absolute Gasteiger partial charge is 0.352 e. The molecule has 1 aromatic heterocycles. The van der Waals surface area contributed by atoms with Crippen LogP contribution in [0, 0.1) is 12.7 Å². The monoisotopic (exact) mass is 376 g/mol. The van der Waals surface area contributed by atoms with E-state index in [1.54, 1.807) is 26.0 Å². The number of benzene rings is 1. The minimum absolute atomic E-state index is 0.0174. The third-order valence-electron chi connectivity index (χ3n) is 4.03. The Bertz CT molecular complexity index is 792. The summed E-state index contributed by atoms with van der Waals surface area (Å²) in [6.07, 6.45) is 0.213. The van der Waals surface area contributed by atoms with Crippen molar-refractivity contribution in [3.05, 3.63) is 41.5 Å². The van der Waals surface area contributed by atoms with E-state index in [2.05, 4.69) is 20.8 Å². The molecule has 146 valence electrons. The van der Waals surface area contributed by atoms with Gasteiger partial charge in [0.1, 0.15) is 17.7 Å². The van der Waals surface area contributed by atoms with Gasteiger partial charge in [0, 0.05) is 19.0 Å². The Morgan fingerprint density at radius 3 is 2.63 bits per heavy atom. The summed E-state index contributed by atoms with van der Waals surface area (Å²) >= 11 is 0. The zero-order valence-electron chi connectivity index (χ0n) is 16.0. The number of carbonyl (C=O) groups excluding carboxylic acids is 2. The lowest BCUT2D eigenvalue weighted by atomic mass is 10.0. The molecule has 0 saturated heterocycles. The Hall–Kier alpha value is -2.84. The molecule has 8 nitrogen and oxygen atoms in total. The molecular weight excluding hydrogens is 351 g/mol. The lowest BCUT2D eigenvalue weighted by Gasteiger charge is -2.26. The zero-order valence-corrected chi connectivity index (χ0v) is 16.0.